The second-order valence-corrected chi connectivity index (χ2v) is 14.9. The minimum absolute atomic E-state index is 0.00340. The van der Waals surface area contributed by atoms with Gasteiger partial charge in [0.2, 0.25) is 11.8 Å². The normalized spacial score (nSPS) is 18.1. The number of carbonyl (C=O) groups is 2. The van der Waals surface area contributed by atoms with Crippen molar-refractivity contribution in [1.82, 2.24) is 15.5 Å². The monoisotopic (exact) mass is 753 g/mol. The maximum Gasteiger partial charge on any atom is 0.220 e. The predicted molar refractivity (Wildman–Crippen MR) is 221 cm³/mol. The van der Waals surface area contributed by atoms with Gasteiger partial charge in [-0.25, -0.2) is 0 Å². The van der Waals surface area contributed by atoms with Crippen molar-refractivity contribution >= 4 is 11.8 Å². The SMILES string of the molecule is CC(=O)NCCCCCC(=O)NCc1cccc(-c2ccc([C@@H]3O[C@H](CN(Cc4ccccc4)Cc4ccccc4)[C@H](C)[C@H](c4ccc(CO)cc4)O3)cc2)c1. The fourth-order valence-electron chi connectivity index (χ4n) is 7.29. The number of rotatable bonds is 18. The van der Waals surface area contributed by atoms with E-state index in [4.69, 9.17) is 9.47 Å². The third kappa shape index (κ3) is 11.9. The molecular formula is C48H55N3O5. The zero-order valence-corrected chi connectivity index (χ0v) is 32.6. The van der Waals surface area contributed by atoms with Gasteiger partial charge in [0.15, 0.2) is 6.29 Å². The predicted octanol–water partition coefficient (Wildman–Crippen LogP) is 8.65. The van der Waals surface area contributed by atoms with Crippen LogP contribution in [0.25, 0.3) is 11.1 Å². The van der Waals surface area contributed by atoms with Crippen molar-refractivity contribution in [3.63, 3.8) is 0 Å². The van der Waals surface area contributed by atoms with E-state index in [2.05, 4.69) is 132 Å². The maximum absolute atomic E-state index is 12.5. The van der Waals surface area contributed by atoms with E-state index in [1.807, 2.05) is 24.3 Å². The first-order chi connectivity index (χ1) is 27.3. The number of carbonyl (C=O) groups excluding carboxylic acids is 2. The number of ether oxygens (including phenoxy) is 2. The van der Waals surface area contributed by atoms with Crippen LogP contribution in [0.2, 0.25) is 0 Å². The van der Waals surface area contributed by atoms with E-state index < -0.39 is 6.29 Å². The summed E-state index contributed by atoms with van der Waals surface area (Å²) in [6, 6.07) is 45.9. The van der Waals surface area contributed by atoms with Gasteiger partial charge in [-0.2, -0.15) is 0 Å². The van der Waals surface area contributed by atoms with Gasteiger partial charge in [0.25, 0.3) is 0 Å². The Morgan fingerprint density at radius 3 is 1.95 bits per heavy atom. The average Bonchev–Trinajstić information content (AvgIpc) is 3.23. The lowest BCUT2D eigenvalue weighted by Crippen LogP contribution is -2.44. The highest BCUT2D eigenvalue weighted by Crippen LogP contribution is 2.42. The van der Waals surface area contributed by atoms with Gasteiger partial charge >= 0.3 is 0 Å². The number of unbranched alkanes of at least 4 members (excludes halogenated alkanes) is 2. The summed E-state index contributed by atoms with van der Waals surface area (Å²) in [6.07, 6.45) is 2.12. The molecule has 0 bridgehead atoms. The molecule has 0 saturated carbocycles. The Labute approximate surface area is 331 Å². The van der Waals surface area contributed by atoms with Crippen LogP contribution in [0.3, 0.4) is 0 Å². The zero-order valence-electron chi connectivity index (χ0n) is 32.6. The maximum atomic E-state index is 12.5. The van der Waals surface area contributed by atoms with Gasteiger partial charge < -0.3 is 25.2 Å². The van der Waals surface area contributed by atoms with Crippen molar-refractivity contribution in [3.8, 4) is 11.1 Å². The van der Waals surface area contributed by atoms with Crippen molar-refractivity contribution in [2.45, 2.75) is 84.3 Å². The topological polar surface area (TPSA) is 100 Å². The van der Waals surface area contributed by atoms with Crippen LogP contribution in [-0.2, 0) is 45.3 Å². The molecule has 292 valence electrons. The lowest BCUT2D eigenvalue weighted by atomic mass is 9.89. The Bertz CT molecular complexity index is 1910. The van der Waals surface area contributed by atoms with Gasteiger partial charge in [0.1, 0.15) is 0 Å². The number of benzene rings is 5. The number of nitrogens with one attached hydrogen (secondary N) is 2. The van der Waals surface area contributed by atoms with Gasteiger partial charge in [-0.3, -0.25) is 14.5 Å². The van der Waals surface area contributed by atoms with Crippen LogP contribution in [0.1, 0.15) is 85.3 Å². The zero-order chi connectivity index (χ0) is 39.1. The van der Waals surface area contributed by atoms with E-state index in [1.165, 1.54) is 18.1 Å². The summed E-state index contributed by atoms with van der Waals surface area (Å²) in [7, 11) is 0. The molecule has 5 aromatic rings. The van der Waals surface area contributed by atoms with E-state index >= 15 is 0 Å². The molecule has 8 heteroatoms. The summed E-state index contributed by atoms with van der Waals surface area (Å²) in [5.74, 6) is 0.0623. The summed E-state index contributed by atoms with van der Waals surface area (Å²) >= 11 is 0. The molecular weight excluding hydrogens is 699 g/mol. The second-order valence-electron chi connectivity index (χ2n) is 14.9. The average molecular weight is 754 g/mol. The summed E-state index contributed by atoms with van der Waals surface area (Å²) in [4.78, 5) is 26.0. The number of amides is 2. The molecule has 8 nitrogen and oxygen atoms in total. The van der Waals surface area contributed by atoms with Crippen LogP contribution in [0, 0.1) is 5.92 Å². The van der Waals surface area contributed by atoms with E-state index in [0.29, 0.717) is 19.5 Å². The molecule has 0 unspecified atom stereocenters. The van der Waals surface area contributed by atoms with E-state index in [9.17, 15) is 14.7 Å². The van der Waals surface area contributed by atoms with Gasteiger partial charge in [0.05, 0.1) is 18.8 Å². The van der Waals surface area contributed by atoms with Crippen LogP contribution < -0.4 is 10.6 Å². The molecule has 56 heavy (non-hydrogen) atoms. The molecule has 6 rings (SSSR count). The smallest absolute Gasteiger partial charge is 0.220 e. The highest BCUT2D eigenvalue weighted by Gasteiger charge is 2.39. The van der Waals surface area contributed by atoms with Crippen molar-refractivity contribution in [3.05, 3.63) is 167 Å². The third-order valence-corrected chi connectivity index (χ3v) is 10.4. The minimum Gasteiger partial charge on any atom is -0.392 e. The Balaban J connectivity index is 1.15. The molecule has 1 heterocycles. The molecule has 1 aliphatic heterocycles. The van der Waals surface area contributed by atoms with Gasteiger partial charge in [-0.05, 0) is 57.9 Å². The van der Waals surface area contributed by atoms with Crippen molar-refractivity contribution in [1.29, 1.82) is 0 Å². The van der Waals surface area contributed by atoms with E-state index in [0.717, 1.165) is 72.3 Å². The largest absolute Gasteiger partial charge is 0.392 e. The van der Waals surface area contributed by atoms with Gasteiger partial charge in [-0.15, -0.1) is 0 Å². The molecule has 2 amide bonds. The molecule has 1 aliphatic rings. The number of hydrogen-bond acceptors (Lipinski definition) is 6. The van der Waals surface area contributed by atoms with Crippen LogP contribution in [0.15, 0.2) is 133 Å². The van der Waals surface area contributed by atoms with E-state index in [1.54, 1.807) is 0 Å². The van der Waals surface area contributed by atoms with Crippen molar-refractivity contribution < 1.29 is 24.2 Å². The van der Waals surface area contributed by atoms with E-state index in [-0.39, 0.29) is 36.5 Å². The Morgan fingerprint density at radius 2 is 1.30 bits per heavy atom. The molecule has 0 aromatic heterocycles. The van der Waals surface area contributed by atoms with Crippen LogP contribution in [-0.4, -0.2) is 41.0 Å². The number of hydrogen-bond donors (Lipinski definition) is 3. The number of nitrogens with zero attached hydrogens (tertiary/aromatic N) is 1. The lowest BCUT2D eigenvalue weighted by Gasteiger charge is -2.43. The summed E-state index contributed by atoms with van der Waals surface area (Å²) in [5.41, 5.74) is 8.55. The first-order valence-electron chi connectivity index (χ1n) is 19.9. The number of aliphatic hydroxyl groups is 1. The van der Waals surface area contributed by atoms with Crippen molar-refractivity contribution in [2.24, 2.45) is 5.92 Å². The van der Waals surface area contributed by atoms with Crippen LogP contribution in [0.4, 0.5) is 0 Å². The quantitative estimate of drug-likeness (QED) is 0.0776. The summed E-state index contributed by atoms with van der Waals surface area (Å²) in [5, 5.41) is 15.6. The Kier molecular flexibility index (Phi) is 15.0. The molecule has 3 N–H and O–H groups in total. The molecule has 5 aromatic carbocycles. The Morgan fingerprint density at radius 1 is 0.661 bits per heavy atom. The van der Waals surface area contributed by atoms with Gasteiger partial charge in [-0.1, -0.05) is 141 Å². The van der Waals surface area contributed by atoms with Gasteiger partial charge in [0, 0.05) is 57.5 Å². The lowest BCUT2D eigenvalue weighted by molar-refractivity contribution is -0.276. The molecule has 4 atom stereocenters. The fraction of sp³-hybridized carbons (Fsp3) is 0.333. The summed E-state index contributed by atoms with van der Waals surface area (Å²) in [6.45, 7) is 7.14. The highest BCUT2D eigenvalue weighted by molar-refractivity contribution is 5.76. The Hall–Kier alpha value is -5.12. The van der Waals surface area contributed by atoms with Crippen LogP contribution in [0.5, 0.6) is 0 Å². The molecule has 0 spiro atoms. The molecule has 1 fully saturated rings. The minimum atomic E-state index is -0.574. The summed E-state index contributed by atoms with van der Waals surface area (Å²) < 4.78 is 13.7. The number of aliphatic hydroxyl groups excluding tert-OH is 1. The molecule has 0 aliphatic carbocycles. The fourth-order valence-corrected chi connectivity index (χ4v) is 7.29. The molecule has 1 saturated heterocycles. The van der Waals surface area contributed by atoms with Crippen LogP contribution >= 0.6 is 0 Å². The van der Waals surface area contributed by atoms with Crippen molar-refractivity contribution in [2.75, 3.05) is 13.1 Å². The first-order valence-corrected chi connectivity index (χ1v) is 19.9. The highest BCUT2D eigenvalue weighted by atomic mass is 16.7. The third-order valence-electron chi connectivity index (χ3n) is 10.4. The standard InChI is InChI=1S/C48H55N3O5/c1-35-45(33-51(31-37-13-6-3-7-14-37)32-38-15-8-4-9-16-38)55-48(56-47(35)42-22-20-39(34-52)21-23-42)43-26-24-41(25-27-43)44-18-12-17-40(29-44)30-50-46(54)19-10-5-11-28-49-36(2)53/h3-4,6-9,12-18,20-27,29,35,45,47-48,52H,5,10-11,19,28,30-34H2,1-2H3,(H,49,53)(H,50,54)/t35-,45+,47+,48+/m0/s1. The molecule has 0 radical (unpaired) electrons. The first kappa shape index (κ1) is 40.5. The second kappa shape index (κ2) is 20.7.